The zero-order chi connectivity index (χ0) is 20.3. The monoisotopic (exact) mass is 430 g/mol. The number of hydrogen-bond donors (Lipinski definition) is 2. The maximum absolute atomic E-state index is 13.0. The fourth-order valence-corrected chi connectivity index (χ4v) is 5.79. The van der Waals surface area contributed by atoms with Gasteiger partial charge in [-0.3, -0.25) is 4.72 Å². The van der Waals surface area contributed by atoms with Gasteiger partial charge in [-0.05, 0) is 30.5 Å². The molecule has 4 rings (SSSR count). The van der Waals surface area contributed by atoms with Crippen molar-refractivity contribution in [2.24, 2.45) is 0 Å². The summed E-state index contributed by atoms with van der Waals surface area (Å²) in [6.07, 6.45) is 2.28. The molecule has 0 aliphatic carbocycles. The number of sulfonamides is 1. The van der Waals surface area contributed by atoms with E-state index in [1.54, 1.807) is 12.1 Å². The molecule has 1 aliphatic rings. The molecule has 0 radical (unpaired) electrons. The van der Waals surface area contributed by atoms with Gasteiger partial charge in [0, 0.05) is 29.6 Å². The van der Waals surface area contributed by atoms with Crippen molar-refractivity contribution in [3.63, 3.8) is 0 Å². The summed E-state index contributed by atoms with van der Waals surface area (Å²) >= 11 is 0.986. The highest BCUT2D eigenvalue weighted by Crippen LogP contribution is 2.43. The van der Waals surface area contributed by atoms with Crippen molar-refractivity contribution in [2.45, 2.75) is 23.2 Å². The molecule has 2 heterocycles. The average molecular weight is 431 g/mol. The number of hydrogen-bond acceptors (Lipinski definition) is 7. The maximum atomic E-state index is 13.0. The molecule has 29 heavy (non-hydrogen) atoms. The number of ether oxygens (including phenoxy) is 1. The summed E-state index contributed by atoms with van der Waals surface area (Å²) in [4.78, 5) is 4.01. The highest BCUT2D eigenvalue weighted by atomic mass is 32.2. The SMILES string of the molecule is COc1c([C@@H]2CNCC[C@H]2c2ccccc2)cccc1S(=O)(=O)Nc1ncns1. The second-order valence-corrected chi connectivity index (χ2v) is 9.28. The summed E-state index contributed by atoms with van der Waals surface area (Å²) in [6, 6.07) is 15.6. The first-order chi connectivity index (χ1) is 14.1. The molecule has 152 valence electrons. The Balaban J connectivity index is 1.75. The topological polar surface area (TPSA) is 93.2 Å². The van der Waals surface area contributed by atoms with E-state index in [0.29, 0.717) is 5.75 Å². The summed E-state index contributed by atoms with van der Waals surface area (Å²) < 4.78 is 38.0. The van der Waals surface area contributed by atoms with Crippen LogP contribution in [-0.2, 0) is 10.0 Å². The van der Waals surface area contributed by atoms with Crippen LogP contribution in [0.4, 0.5) is 5.13 Å². The van der Waals surface area contributed by atoms with Gasteiger partial charge in [0.1, 0.15) is 17.0 Å². The van der Waals surface area contributed by atoms with Gasteiger partial charge in [0.2, 0.25) is 5.13 Å². The highest BCUT2D eigenvalue weighted by Gasteiger charge is 2.32. The molecule has 3 aromatic rings. The van der Waals surface area contributed by atoms with Crippen molar-refractivity contribution in [3.8, 4) is 5.75 Å². The number of rotatable bonds is 6. The minimum atomic E-state index is -3.86. The number of piperidine rings is 1. The Morgan fingerprint density at radius 1 is 1.14 bits per heavy atom. The number of nitrogens with one attached hydrogen (secondary N) is 2. The van der Waals surface area contributed by atoms with Crippen molar-refractivity contribution >= 4 is 26.7 Å². The number of anilines is 1. The second kappa shape index (κ2) is 8.48. The first-order valence-electron chi connectivity index (χ1n) is 9.32. The third-order valence-corrected chi connectivity index (χ3v) is 7.27. The lowest BCUT2D eigenvalue weighted by molar-refractivity contribution is 0.365. The van der Waals surface area contributed by atoms with Crippen LogP contribution in [0.5, 0.6) is 5.75 Å². The molecule has 9 heteroatoms. The Bertz CT molecular complexity index is 1060. The van der Waals surface area contributed by atoms with Gasteiger partial charge in [-0.1, -0.05) is 42.5 Å². The molecule has 0 saturated carbocycles. The highest BCUT2D eigenvalue weighted by molar-refractivity contribution is 7.93. The smallest absolute Gasteiger partial charge is 0.267 e. The van der Waals surface area contributed by atoms with Crippen LogP contribution < -0.4 is 14.8 Å². The zero-order valence-corrected chi connectivity index (χ0v) is 17.5. The average Bonchev–Trinajstić information content (AvgIpc) is 3.26. The number of methoxy groups -OCH3 is 1. The van der Waals surface area contributed by atoms with Crippen LogP contribution in [0.3, 0.4) is 0 Å². The minimum absolute atomic E-state index is 0.0952. The number of nitrogens with zero attached hydrogens (tertiary/aromatic N) is 2. The summed E-state index contributed by atoms with van der Waals surface area (Å²) in [5, 5.41) is 3.66. The van der Waals surface area contributed by atoms with Gasteiger partial charge in [-0.25, -0.2) is 13.4 Å². The largest absolute Gasteiger partial charge is 0.495 e. The van der Waals surface area contributed by atoms with Crippen LogP contribution in [0.1, 0.15) is 29.4 Å². The van der Waals surface area contributed by atoms with E-state index >= 15 is 0 Å². The van der Waals surface area contributed by atoms with E-state index in [-0.39, 0.29) is 21.9 Å². The number of benzene rings is 2. The molecule has 2 aromatic carbocycles. The predicted molar refractivity (Wildman–Crippen MR) is 113 cm³/mol. The van der Waals surface area contributed by atoms with Crippen LogP contribution in [0.2, 0.25) is 0 Å². The molecule has 7 nitrogen and oxygen atoms in total. The van der Waals surface area contributed by atoms with Crippen LogP contribution in [0, 0.1) is 0 Å². The molecule has 2 N–H and O–H groups in total. The second-order valence-electron chi connectivity index (χ2n) is 6.85. The van der Waals surface area contributed by atoms with E-state index in [2.05, 4.69) is 31.5 Å². The van der Waals surface area contributed by atoms with Crippen LogP contribution in [0.25, 0.3) is 0 Å². The first kappa shape index (κ1) is 19.8. The molecular formula is C20H22N4O3S2. The third kappa shape index (κ3) is 4.12. The fourth-order valence-electron chi connectivity index (χ4n) is 3.93. The van der Waals surface area contributed by atoms with Crippen LogP contribution in [-0.4, -0.2) is 38.0 Å². The third-order valence-electron chi connectivity index (χ3n) is 5.20. The predicted octanol–water partition coefficient (Wildman–Crippen LogP) is 3.21. The van der Waals surface area contributed by atoms with Gasteiger partial charge in [0.15, 0.2) is 0 Å². The quantitative estimate of drug-likeness (QED) is 0.624. The Labute approximate surface area is 174 Å². The van der Waals surface area contributed by atoms with Gasteiger partial charge in [-0.15, -0.1) is 0 Å². The Kier molecular flexibility index (Phi) is 5.79. The molecule has 1 saturated heterocycles. The lowest BCUT2D eigenvalue weighted by Crippen LogP contribution is -2.34. The van der Waals surface area contributed by atoms with Gasteiger partial charge >= 0.3 is 0 Å². The van der Waals surface area contributed by atoms with Gasteiger partial charge in [-0.2, -0.15) is 4.37 Å². The van der Waals surface area contributed by atoms with Crippen molar-refractivity contribution in [1.82, 2.24) is 14.7 Å². The molecule has 0 bridgehead atoms. The van der Waals surface area contributed by atoms with E-state index in [0.717, 1.165) is 36.6 Å². The van der Waals surface area contributed by atoms with Gasteiger partial charge in [0.25, 0.3) is 10.0 Å². The summed E-state index contributed by atoms with van der Waals surface area (Å²) in [6.45, 7) is 1.68. The van der Waals surface area contributed by atoms with Crippen LogP contribution >= 0.6 is 11.5 Å². The number of para-hydroxylation sites is 1. The lowest BCUT2D eigenvalue weighted by atomic mass is 9.77. The Morgan fingerprint density at radius 2 is 1.97 bits per heavy atom. The number of aromatic nitrogens is 2. The molecule has 1 aromatic heterocycles. The Hall–Kier alpha value is -2.49. The molecular weight excluding hydrogens is 408 g/mol. The van der Waals surface area contributed by atoms with Gasteiger partial charge < -0.3 is 10.1 Å². The molecule has 0 amide bonds. The van der Waals surface area contributed by atoms with Crippen molar-refractivity contribution in [3.05, 3.63) is 66.0 Å². The molecule has 1 aliphatic heterocycles. The standard InChI is InChI=1S/C20H22N4O3S2/c1-27-19-16(17-12-21-11-10-15(17)14-6-3-2-4-7-14)8-5-9-18(19)29(25,26)24-20-22-13-23-28-20/h2-9,13,15,17,21H,10-12H2,1H3,(H,22,23,24)/t15-,17+/m0/s1. The zero-order valence-electron chi connectivity index (χ0n) is 15.9. The lowest BCUT2D eigenvalue weighted by Gasteiger charge is -2.34. The molecule has 0 spiro atoms. The molecule has 1 fully saturated rings. The Morgan fingerprint density at radius 3 is 2.69 bits per heavy atom. The van der Waals surface area contributed by atoms with E-state index in [4.69, 9.17) is 4.74 Å². The first-order valence-corrected chi connectivity index (χ1v) is 11.6. The maximum Gasteiger partial charge on any atom is 0.267 e. The van der Waals surface area contributed by atoms with Crippen LogP contribution in [0.15, 0.2) is 59.8 Å². The fraction of sp³-hybridized carbons (Fsp3) is 0.300. The summed E-state index contributed by atoms with van der Waals surface area (Å²) in [7, 11) is -2.35. The van der Waals surface area contributed by atoms with E-state index in [9.17, 15) is 8.42 Å². The van der Waals surface area contributed by atoms with Crippen molar-refractivity contribution < 1.29 is 13.2 Å². The van der Waals surface area contributed by atoms with E-state index < -0.39 is 10.0 Å². The molecule has 0 unspecified atom stereocenters. The normalized spacial score (nSPS) is 19.6. The van der Waals surface area contributed by atoms with E-state index in [1.807, 2.05) is 24.3 Å². The minimum Gasteiger partial charge on any atom is -0.495 e. The van der Waals surface area contributed by atoms with E-state index in [1.165, 1.54) is 19.0 Å². The molecule has 2 atom stereocenters. The summed E-state index contributed by atoms with van der Waals surface area (Å²) in [5.74, 6) is 0.748. The van der Waals surface area contributed by atoms with Crippen molar-refractivity contribution in [1.29, 1.82) is 0 Å². The van der Waals surface area contributed by atoms with Gasteiger partial charge in [0.05, 0.1) is 7.11 Å². The summed E-state index contributed by atoms with van der Waals surface area (Å²) in [5.41, 5.74) is 2.13. The van der Waals surface area contributed by atoms with Crippen molar-refractivity contribution in [2.75, 3.05) is 24.9 Å².